The molecule has 0 unspecified atom stereocenters. The van der Waals surface area contributed by atoms with E-state index < -0.39 is 30.5 Å². The first kappa shape index (κ1) is 24.2. The van der Waals surface area contributed by atoms with Crippen LogP contribution in [0, 0.1) is 0 Å². The highest BCUT2D eigenvalue weighted by Crippen LogP contribution is 2.34. The van der Waals surface area contributed by atoms with E-state index in [0.717, 1.165) is 16.9 Å². The second-order valence-electron chi connectivity index (χ2n) is 7.54. The summed E-state index contributed by atoms with van der Waals surface area (Å²) in [5.41, 5.74) is 4.64. The van der Waals surface area contributed by atoms with Crippen LogP contribution in [0.5, 0.6) is 5.75 Å². The summed E-state index contributed by atoms with van der Waals surface area (Å²) in [7, 11) is 0. The van der Waals surface area contributed by atoms with Crippen molar-refractivity contribution in [3.05, 3.63) is 64.2 Å². The molecule has 2 aromatic carbocycles. The molecule has 0 spiro atoms. The number of hydrogen-bond donors (Lipinski definition) is 4. The number of benzene rings is 2. The number of hydrazone groups is 1. The van der Waals surface area contributed by atoms with Gasteiger partial charge in [-0.15, -0.1) is 0 Å². The maximum atomic E-state index is 11.0. The highest BCUT2D eigenvalue weighted by Gasteiger charge is 2.43. The van der Waals surface area contributed by atoms with E-state index in [1.54, 1.807) is 18.2 Å². The molecule has 32 heavy (non-hydrogen) atoms. The van der Waals surface area contributed by atoms with Gasteiger partial charge in [-0.3, -0.25) is 4.79 Å². The molecule has 0 aliphatic carbocycles. The van der Waals surface area contributed by atoms with E-state index in [1.165, 1.54) is 13.1 Å². The maximum Gasteiger partial charge on any atom is 0.236 e. The molecule has 0 bridgehead atoms. The number of nitrogens with one attached hydrogen (secondary N) is 1. The van der Waals surface area contributed by atoms with Gasteiger partial charge in [-0.1, -0.05) is 35.9 Å². The van der Waals surface area contributed by atoms with Crippen molar-refractivity contribution in [2.24, 2.45) is 5.10 Å². The molecule has 1 aliphatic rings. The van der Waals surface area contributed by atoms with Gasteiger partial charge in [0.15, 0.2) is 0 Å². The Balaban J connectivity index is 1.81. The van der Waals surface area contributed by atoms with Crippen LogP contribution in [0.25, 0.3) is 0 Å². The predicted octanol–water partition coefficient (Wildman–Crippen LogP) is 1.97. The zero-order valence-corrected chi connectivity index (χ0v) is 18.6. The number of aliphatic hydroxyl groups is 3. The summed E-state index contributed by atoms with van der Waals surface area (Å²) >= 11 is 6.40. The van der Waals surface area contributed by atoms with E-state index in [9.17, 15) is 20.1 Å². The molecule has 0 saturated carbocycles. The molecule has 172 valence electrons. The number of ether oxygens (including phenoxy) is 2. The summed E-state index contributed by atoms with van der Waals surface area (Å²) in [6.45, 7) is 3.80. The number of rotatable bonds is 7. The van der Waals surface area contributed by atoms with Gasteiger partial charge in [0, 0.05) is 11.9 Å². The Kier molecular flexibility index (Phi) is 8.22. The molecular formula is C23H27ClN2O6. The standard InChI is InChI=1S/C23H27ClN2O6/c1-3-31-17-7-4-14(5-8-17)10-16-11-15(6-9-18(16)24)23-22(30)21(29)20(28)19(32-23)12-25-26-13(2)27/h4-9,11-12,19-23,28-30H,3,10H2,1-2H3,(H,26,27)/b25-12+/t19-,20-,21+,22-,23+/m1/s1. The fourth-order valence-electron chi connectivity index (χ4n) is 3.50. The Labute approximate surface area is 191 Å². The summed E-state index contributed by atoms with van der Waals surface area (Å²) in [5.74, 6) is 0.398. The van der Waals surface area contributed by atoms with E-state index in [2.05, 4.69) is 10.5 Å². The monoisotopic (exact) mass is 462 g/mol. The molecule has 1 saturated heterocycles. The van der Waals surface area contributed by atoms with Crippen LogP contribution in [0.2, 0.25) is 5.02 Å². The Hall–Kier alpha value is -2.49. The smallest absolute Gasteiger partial charge is 0.236 e. The lowest BCUT2D eigenvalue weighted by atomic mass is 9.90. The molecule has 3 rings (SSSR count). The average molecular weight is 463 g/mol. The summed E-state index contributed by atoms with van der Waals surface area (Å²) < 4.78 is 11.3. The van der Waals surface area contributed by atoms with E-state index >= 15 is 0 Å². The number of amides is 1. The van der Waals surface area contributed by atoms with Crippen molar-refractivity contribution >= 4 is 23.7 Å². The van der Waals surface area contributed by atoms with Crippen molar-refractivity contribution in [2.45, 2.75) is 50.8 Å². The van der Waals surface area contributed by atoms with Gasteiger partial charge in [0.05, 0.1) is 12.8 Å². The molecule has 8 nitrogen and oxygen atoms in total. The first-order valence-corrected chi connectivity index (χ1v) is 10.7. The van der Waals surface area contributed by atoms with Gasteiger partial charge < -0.3 is 24.8 Å². The summed E-state index contributed by atoms with van der Waals surface area (Å²) in [6.07, 6.45) is -4.48. The van der Waals surface area contributed by atoms with Gasteiger partial charge in [-0.2, -0.15) is 5.10 Å². The van der Waals surface area contributed by atoms with E-state index in [1.807, 2.05) is 31.2 Å². The molecule has 4 N–H and O–H groups in total. The molecule has 0 radical (unpaired) electrons. The number of carbonyl (C=O) groups is 1. The zero-order valence-electron chi connectivity index (χ0n) is 17.8. The first-order chi connectivity index (χ1) is 15.3. The highest BCUT2D eigenvalue weighted by atomic mass is 35.5. The number of aliphatic hydroxyl groups excluding tert-OH is 3. The minimum absolute atomic E-state index is 0.389. The van der Waals surface area contributed by atoms with E-state index in [0.29, 0.717) is 23.6 Å². The third-order valence-corrected chi connectivity index (χ3v) is 5.49. The van der Waals surface area contributed by atoms with E-state index in [4.69, 9.17) is 21.1 Å². The Morgan fingerprint density at radius 1 is 1.16 bits per heavy atom. The lowest BCUT2D eigenvalue weighted by Gasteiger charge is -2.39. The summed E-state index contributed by atoms with van der Waals surface area (Å²) in [5, 5.41) is 35.3. The number of hydrogen-bond acceptors (Lipinski definition) is 7. The highest BCUT2D eigenvalue weighted by molar-refractivity contribution is 6.31. The quantitative estimate of drug-likeness (QED) is 0.369. The van der Waals surface area contributed by atoms with Crippen LogP contribution in [0.1, 0.15) is 36.6 Å². The average Bonchev–Trinajstić information content (AvgIpc) is 2.77. The fraction of sp³-hybridized carbons (Fsp3) is 0.391. The lowest BCUT2D eigenvalue weighted by Crippen LogP contribution is -2.54. The van der Waals surface area contributed by atoms with Crippen molar-refractivity contribution < 1.29 is 29.6 Å². The molecule has 2 aromatic rings. The second-order valence-corrected chi connectivity index (χ2v) is 7.95. The van der Waals surface area contributed by atoms with Gasteiger partial charge in [-0.05, 0) is 48.2 Å². The molecule has 1 aliphatic heterocycles. The van der Waals surface area contributed by atoms with Gasteiger partial charge in [0.2, 0.25) is 5.91 Å². The first-order valence-electron chi connectivity index (χ1n) is 10.3. The van der Waals surface area contributed by atoms with Crippen molar-refractivity contribution in [1.82, 2.24) is 5.43 Å². The van der Waals surface area contributed by atoms with Crippen molar-refractivity contribution in [2.75, 3.05) is 6.61 Å². The fourth-order valence-corrected chi connectivity index (χ4v) is 3.69. The van der Waals surface area contributed by atoms with Crippen LogP contribution >= 0.6 is 11.6 Å². The minimum atomic E-state index is -1.47. The topological polar surface area (TPSA) is 121 Å². The van der Waals surface area contributed by atoms with Crippen LogP contribution in [-0.2, 0) is 16.0 Å². The molecule has 1 heterocycles. The van der Waals surface area contributed by atoms with Crippen LogP contribution < -0.4 is 10.2 Å². The SMILES string of the molecule is CCOc1ccc(Cc2cc([C@@H]3O[C@H](/C=N/NC(C)=O)[C@@H](O)[C@H](O)[C@H]3O)ccc2Cl)cc1. The third kappa shape index (κ3) is 5.85. The Morgan fingerprint density at radius 3 is 2.53 bits per heavy atom. The van der Waals surface area contributed by atoms with Gasteiger partial charge in [0.25, 0.3) is 0 Å². The van der Waals surface area contributed by atoms with Crippen molar-refractivity contribution in [1.29, 1.82) is 0 Å². The Bertz CT molecular complexity index is 952. The van der Waals surface area contributed by atoms with Crippen LogP contribution in [0.15, 0.2) is 47.6 Å². The lowest BCUT2D eigenvalue weighted by molar-refractivity contribution is -0.205. The van der Waals surface area contributed by atoms with Gasteiger partial charge in [-0.25, -0.2) is 5.43 Å². The molecule has 1 amide bonds. The van der Waals surface area contributed by atoms with Crippen LogP contribution in [0.4, 0.5) is 0 Å². The third-order valence-electron chi connectivity index (χ3n) is 5.12. The number of nitrogens with zero attached hydrogens (tertiary/aromatic N) is 1. The molecular weight excluding hydrogens is 436 g/mol. The minimum Gasteiger partial charge on any atom is -0.494 e. The Morgan fingerprint density at radius 2 is 1.88 bits per heavy atom. The zero-order chi connectivity index (χ0) is 23.3. The van der Waals surface area contributed by atoms with Crippen molar-refractivity contribution in [3.63, 3.8) is 0 Å². The number of halogens is 1. The maximum absolute atomic E-state index is 11.0. The number of carbonyl (C=O) groups excluding carboxylic acids is 1. The molecule has 5 atom stereocenters. The second kappa shape index (κ2) is 10.9. The van der Waals surface area contributed by atoms with Crippen LogP contribution in [-0.4, -0.2) is 58.5 Å². The van der Waals surface area contributed by atoms with Gasteiger partial charge in [0.1, 0.15) is 36.3 Å². The normalized spacial score (nSPS) is 25.6. The van der Waals surface area contributed by atoms with Crippen LogP contribution in [0.3, 0.4) is 0 Å². The molecule has 1 fully saturated rings. The van der Waals surface area contributed by atoms with Gasteiger partial charge >= 0.3 is 0 Å². The molecule has 0 aromatic heterocycles. The van der Waals surface area contributed by atoms with Crippen molar-refractivity contribution in [3.8, 4) is 5.75 Å². The molecule has 9 heteroatoms. The summed E-state index contributed by atoms with van der Waals surface area (Å²) in [4.78, 5) is 11.0. The largest absolute Gasteiger partial charge is 0.494 e. The van der Waals surface area contributed by atoms with E-state index in [-0.39, 0.29) is 5.91 Å². The summed E-state index contributed by atoms with van der Waals surface area (Å²) in [6, 6.07) is 12.9. The predicted molar refractivity (Wildman–Crippen MR) is 120 cm³/mol.